The zero-order chi connectivity index (χ0) is 14.5. The van der Waals surface area contributed by atoms with Crippen LogP contribution in [0.4, 0.5) is 17.2 Å². The second-order valence-corrected chi connectivity index (χ2v) is 6.47. The Morgan fingerprint density at radius 1 is 1.18 bits per heavy atom. The van der Waals surface area contributed by atoms with Gasteiger partial charge in [0.2, 0.25) is 0 Å². The molecule has 1 N–H and O–H groups in total. The van der Waals surface area contributed by atoms with Crippen molar-refractivity contribution in [3.8, 4) is 0 Å². The van der Waals surface area contributed by atoms with Gasteiger partial charge in [0.15, 0.2) is 0 Å². The normalized spacial score (nSPS) is 25.4. The van der Waals surface area contributed by atoms with E-state index in [1.54, 1.807) is 0 Å². The number of nitrogens with one attached hydrogen (secondary N) is 1. The summed E-state index contributed by atoms with van der Waals surface area (Å²) in [4.78, 5) is 6.99. The van der Waals surface area contributed by atoms with E-state index < -0.39 is 0 Å². The van der Waals surface area contributed by atoms with Gasteiger partial charge in [0.25, 0.3) is 0 Å². The summed E-state index contributed by atoms with van der Waals surface area (Å²) in [5.41, 5.74) is 5.23. The molecule has 4 heteroatoms. The minimum absolute atomic E-state index is 0.440. The molecule has 5 rings (SSSR count). The lowest BCUT2D eigenvalue weighted by molar-refractivity contribution is 0.0991. The van der Waals surface area contributed by atoms with Gasteiger partial charge >= 0.3 is 0 Å². The van der Waals surface area contributed by atoms with Gasteiger partial charge in [-0.1, -0.05) is 6.07 Å². The maximum Gasteiger partial charge on any atom is 0.133 e. The summed E-state index contributed by atoms with van der Waals surface area (Å²) in [6.07, 6.45) is 5.58. The Morgan fingerprint density at radius 3 is 3.00 bits per heavy atom. The molecule has 3 aliphatic rings. The fraction of sp³-hybridized carbons (Fsp3) is 0.389. The maximum atomic E-state index is 5.72. The number of fused-ring (bicyclic) bond motifs is 4. The predicted octanol–water partition coefficient (Wildman–Crippen LogP) is 2.90. The Hall–Kier alpha value is -2.07. The van der Waals surface area contributed by atoms with Crippen molar-refractivity contribution in [2.45, 2.75) is 31.4 Å². The fourth-order valence-electron chi connectivity index (χ4n) is 3.95. The van der Waals surface area contributed by atoms with E-state index in [-0.39, 0.29) is 0 Å². The number of anilines is 3. The van der Waals surface area contributed by atoms with Crippen LogP contribution in [0.2, 0.25) is 0 Å². The molecule has 3 aliphatic heterocycles. The number of aryl methyl sites for hydroxylation is 2. The molecule has 4 nitrogen and oxygen atoms in total. The number of nitrogens with zero attached hydrogens (tertiary/aromatic N) is 2. The zero-order valence-corrected chi connectivity index (χ0v) is 12.5. The largest absolute Gasteiger partial charge is 0.374 e. The average Bonchev–Trinajstić information content (AvgIpc) is 3.13. The van der Waals surface area contributed by atoms with Crippen molar-refractivity contribution in [2.24, 2.45) is 0 Å². The van der Waals surface area contributed by atoms with Crippen molar-refractivity contribution in [3.63, 3.8) is 0 Å². The Morgan fingerprint density at radius 2 is 2.14 bits per heavy atom. The van der Waals surface area contributed by atoms with Gasteiger partial charge in [0, 0.05) is 24.1 Å². The molecular weight excluding hydrogens is 274 g/mol. The van der Waals surface area contributed by atoms with Gasteiger partial charge in [0.1, 0.15) is 5.82 Å². The summed E-state index contributed by atoms with van der Waals surface area (Å²) in [5.74, 6) is 1.00. The molecule has 2 saturated heterocycles. The van der Waals surface area contributed by atoms with Crippen molar-refractivity contribution < 1.29 is 4.74 Å². The zero-order valence-electron chi connectivity index (χ0n) is 12.5. The third-order valence-electron chi connectivity index (χ3n) is 5.13. The van der Waals surface area contributed by atoms with Crippen molar-refractivity contribution in [3.05, 3.63) is 47.7 Å². The van der Waals surface area contributed by atoms with Gasteiger partial charge in [-0.05, 0) is 54.7 Å². The third kappa shape index (κ3) is 1.91. The van der Waals surface area contributed by atoms with Crippen molar-refractivity contribution in [1.82, 2.24) is 4.98 Å². The molecule has 1 aromatic heterocycles. The van der Waals surface area contributed by atoms with Crippen LogP contribution in [-0.4, -0.2) is 30.3 Å². The van der Waals surface area contributed by atoms with Gasteiger partial charge < -0.3 is 15.0 Å². The molecule has 112 valence electrons. The molecular formula is C18H19N3O. The van der Waals surface area contributed by atoms with E-state index in [0.717, 1.165) is 31.8 Å². The molecule has 0 radical (unpaired) electrons. The van der Waals surface area contributed by atoms with Gasteiger partial charge in [-0.2, -0.15) is 0 Å². The minimum Gasteiger partial charge on any atom is -0.374 e. The maximum absolute atomic E-state index is 5.72. The monoisotopic (exact) mass is 293 g/mol. The molecule has 2 aromatic rings. The summed E-state index contributed by atoms with van der Waals surface area (Å²) in [6.45, 7) is 1.92. The van der Waals surface area contributed by atoms with Crippen molar-refractivity contribution >= 4 is 17.2 Å². The molecule has 2 unspecified atom stereocenters. The molecule has 0 aliphatic carbocycles. The number of ether oxygens (including phenoxy) is 1. The third-order valence-corrected chi connectivity index (χ3v) is 5.13. The second kappa shape index (κ2) is 4.71. The topological polar surface area (TPSA) is 37.4 Å². The van der Waals surface area contributed by atoms with E-state index >= 15 is 0 Å². The first-order chi connectivity index (χ1) is 10.9. The molecule has 1 aromatic carbocycles. The van der Waals surface area contributed by atoms with Crippen LogP contribution in [0.25, 0.3) is 0 Å². The lowest BCUT2D eigenvalue weighted by Crippen LogP contribution is -2.36. The first kappa shape index (κ1) is 12.5. The van der Waals surface area contributed by atoms with Crippen LogP contribution < -0.4 is 10.2 Å². The number of rotatable bonds is 1. The summed E-state index contributed by atoms with van der Waals surface area (Å²) >= 11 is 0. The lowest BCUT2D eigenvalue weighted by Gasteiger charge is -2.29. The summed E-state index contributed by atoms with van der Waals surface area (Å²) < 4.78 is 5.72. The van der Waals surface area contributed by atoms with Crippen LogP contribution in [0, 0.1) is 0 Å². The number of benzene rings is 1. The van der Waals surface area contributed by atoms with E-state index in [2.05, 4.69) is 39.5 Å². The van der Waals surface area contributed by atoms with Gasteiger partial charge in [0.05, 0.1) is 18.8 Å². The van der Waals surface area contributed by atoms with Crippen LogP contribution in [-0.2, 0) is 17.6 Å². The molecule has 4 heterocycles. The van der Waals surface area contributed by atoms with Crippen molar-refractivity contribution in [1.29, 1.82) is 0 Å². The van der Waals surface area contributed by atoms with E-state index in [1.807, 2.05) is 12.3 Å². The Labute approximate surface area is 130 Å². The Kier molecular flexibility index (Phi) is 2.67. The highest BCUT2D eigenvalue weighted by molar-refractivity contribution is 5.69. The van der Waals surface area contributed by atoms with E-state index in [1.165, 1.54) is 28.9 Å². The first-order valence-corrected chi connectivity index (χ1v) is 8.09. The number of hydrogen-bond donors (Lipinski definition) is 1. The highest BCUT2D eigenvalue weighted by Gasteiger charge is 2.39. The van der Waals surface area contributed by atoms with E-state index in [0.29, 0.717) is 12.1 Å². The van der Waals surface area contributed by atoms with Crippen LogP contribution in [0.15, 0.2) is 36.5 Å². The summed E-state index contributed by atoms with van der Waals surface area (Å²) in [6, 6.07) is 11.6. The molecule has 2 fully saturated rings. The Balaban J connectivity index is 1.48. The van der Waals surface area contributed by atoms with Crippen molar-refractivity contribution in [2.75, 3.05) is 23.4 Å². The smallest absolute Gasteiger partial charge is 0.133 e. The van der Waals surface area contributed by atoms with Gasteiger partial charge in [-0.15, -0.1) is 0 Å². The number of pyridine rings is 1. The first-order valence-electron chi connectivity index (χ1n) is 8.09. The average molecular weight is 293 g/mol. The van der Waals surface area contributed by atoms with Crippen LogP contribution in [0.5, 0.6) is 0 Å². The standard InChI is InChI=1S/C18H19N3O/c1-2-12-3-4-13-8-14(21-10-16-9-15(21)11-22-16)5-6-17(13)20-18(12)19-7-1/h1-2,5-8,15-16H,3-4,9-11H2,(H,19,20). The molecule has 0 spiro atoms. The van der Waals surface area contributed by atoms with Crippen LogP contribution >= 0.6 is 0 Å². The summed E-state index contributed by atoms with van der Waals surface area (Å²) in [7, 11) is 0. The predicted molar refractivity (Wildman–Crippen MR) is 86.9 cm³/mol. The van der Waals surface area contributed by atoms with Crippen LogP contribution in [0.1, 0.15) is 17.5 Å². The van der Waals surface area contributed by atoms with E-state index in [4.69, 9.17) is 4.74 Å². The highest BCUT2D eigenvalue weighted by atomic mass is 16.5. The van der Waals surface area contributed by atoms with Gasteiger partial charge in [-0.25, -0.2) is 4.98 Å². The van der Waals surface area contributed by atoms with Gasteiger partial charge in [-0.3, -0.25) is 0 Å². The van der Waals surface area contributed by atoms with Crippen LogP contribution in [0.3, 0.4) is 0 Å². The molecule has 0 saturated carbocycles. The fourth-order valence-corrected chi connectivity index (χ4v) is 3.95. The molecule has 2 atom stereocenters. The summed E-state index contributed by atoms with van der Waals surface area (Å²) in [5, 5.41) is 3.50. The quantitative estimate of drug-likeness (QED) is 0.877. The lowest BCUT2D eigenvalue weighted by atomic mass is 10.0. The second-order valence-electron chi connectivity index (χ2n) is 6.47. The SMILES string of the molecule is c1cnc2c(c1)CCc1cc(N3CC4CC3CO4)ccc1N2. The number of morpholine rings is 1. The number of aromatic nitrogens is 1. The molecule has 2 bridgehead atoms. The Bertz CT molecular complexity index is 730. The highest BCUT2D eigenvalue weighted by Crippen LogP contribution is 2.36. The molecule has 22 heavy (non-hydrogen) atoms. The minimum atomic E-state index is 0.440. The molecule has 0 amide bonds. The number of hydrogen-bond acceptors (Lipinski definition) is 4. The van der Waals surface area contributed by atoms with E-state index in [9.17, 15) is 0 Å².